The molecule has 0 spiro atoms. The molecule has 0 radical (unpaired) electrons. The van der Waals surface area contributed by atoms with Crippen LogP contribution in [0.4, 0.5) is 10.5 Å². The number of anilines is 1. The first-order chi connectivity index (χ1) is 8.45. The normalized spacial score (nSPS) is 11.7. The first kappa shape index (κ1) is 14.0. The Morgan fingerprint density at radius 1 is 1.39 bits per heavy atom. The minimum Gasteiger partial charge on any atom is -0.480 e. The molecule has 1 unspecified atom stereocenters. The molecular formula is C13H18N2O3. The van der Waals surface area contributed by atoms with E-state index < -0.39 is 18.0 Å². The second kappa shape index (κ2) is 6.05. The van der Waals surface area contributed by atoms with Crippen LogP contribution < -0.4 is 10.6 Å². The van der Waals surface area contributed by atoms with Crippen molar-refractivity contribution in [3.63, 3.8) is 0 Å². The van der Waals surface area contributed by atoms with Gasteiger partial charge in [0.2, 0.25) is 0 Å². The van der Waals surface area contributed by atoms with Crippen molar-refractivity contribution in [3.8, 4) is 0 Å². The van der Waals surface area contributed by atoms with Gasteiger partial charge in [-0.2, -0.15) is 0 Å². The predicted octanol–water partition coefficient (Wildman–Crippen LogP) is 2.15. The Morgan fingerprint density at radius 2 is 2.06 bits per heavy atom. The molecule has 2 amide bonds. The van der Waals surface area contributed by atoms with Crippen LogP contribution in [0.5, 0.6) is 0 Å². The Balaban J connectivity index is 2.79. The molecule has 0 bridgehead atoms. The van der Waals surface area contributed by atoms with Gasteiger partial charge in [0.05, 0.1) is 0 Å². The van der Waals surface area contributed by atoms with Crippen LogP contribution in [0.1, 0.15) is 25.0 Å². The number of amides is 2. The molecule has 0 saturated carbocycles. The average Bonchev–Trinajstić information content (AvgIpc) is 2.31. The lowest BCUT2D eigenvalue weighted by atomic mass is 10.1. The number of carboxylic acid groups (broad SMARTS) is 1. The molecule has 5 nitrogen and oxygen atoms in total. The SMILES string of the molecule is CCc1cccc(C)c1NC(=O)NC(C)C(=O)O. The van der Waals surface area contributed by atoms with Crippen molar-refractivity contribution in [3.05, 3.63) is 29.3 Å². The highest BCUT2D eigenvalue weighted by atomic mass is 16.4. The van der Waals surface area contributed by atoms with Crippen LogP contribution in [-0.2, 0) is 11.2 Å². The lowest BCUT2D eigenvalue weighted by Gasteiger charge is -2.15. The Kier molecular flexibility index (Phi) is 4.71. The molecule has 1 aromatic carbocycles. The highest BCUT2D eigenvalue weighted by Gasteiger charge is 2.15. The summed E-state index contributed by atoms with van der Waals surface area (Å²) in [5.41, 5.74) is 2.72. The number of aliphatic carboxylic acids is 1. The van der Waals surface area contributed by atoms with E-state index in [2.05, 4.69) is 10.6 Å². The van der Waals surface area contributed by atoms with Gasteiger partial charge in [-0.1, -0.05) is 25.1 Å². The zero-order chi connectivity index (χ0) is 13.7. The monoisotopic (exact) mass is 250 g/mol. The van der Waals surface area contributed by atoms with E-state index in [-0.39, 0.29) is 0 Å². The van der Waals surface area contributed by atoms with Crippen LogP contribution in [0.2, 0.25) is 0 Å². The smallest absolute Gasteiger partial charge is 0.325 e. The molecule has 18 heavy (non-hydrogen) atoms. The third-order valence-corrected chi connectivity index (χ3v) is 2.70. The van der Waals surface area contributed by atoms with E-state index in [1.165, 1.54) is 6.92 Å². The summed E-state index contributed by atoms with van der Waals surface area (Å²) in [7, 11) is 0. The topological polar surface area (TPSA) is 78.4 Å². The molecule has 1 rings (SSSR count). The van der Waals surface area contributed by atoms with Crippen molar-refractivity contribution in [2.24, 2.45) is 0 Å². The van der Waals surface area contributed by atoms with E-state index in [0.717, 1.165) is 23.2 Å². The number of urea groups is 1. The van der Waals surface area contributed by atoms with Crippen LogP contribution in [0.15, 0.2) is 18.2 Å². The zero-order valence-corrected chi connectivity index (χ0v) is 10.8. The third kappa shape index (κ3) is 3.48. The molecule has 3 N–H and O–H groups in total. The zero-order valence-electron chi connectivity index (χ0n) is 10.8. The number of aryl methyl sites for hydroxylation is 2. The molecule has 0 aromatic heterocycles. The summed E-state index contributed by atoms with van der Waals surface area (Å²) < 4.78 is 0. The van der Waals surface area contributed by atoms with Gasteiger partial charge in [0.15, 0.2) is 0 Å². The maximum Gasteiger partial charge on any atom is 0.325 e. The van der Waals surface area contributed by atoms with Gasteiger partial charge in [0.25, 0.3) is 0 Å². The first-order valence-corrected chi connectivity index (χ1v) is 5.84. The fraction of sp³-hybridized carbons (Fsp3) is 0.385. The molecule has 0 heterocycles. The highest BCUT2D eigenvalue weighted by Crippen LogP contribution is 2.20. The summed E-state index contributed by atoms with van der Waals surface area (Å²) in [5.74, 6) is -1.06. The lowest BCUT2D eigenvalue weighted by Crippen LogP contribution is -2.41. The average molecular weight is 250 g/mol. The van der Waals surface area contributed by atoms with E-state index in [1.54, 1.807) is 0 Å². The number of nitrogens with one attached hydrogen (secondary N) is 2. The fourth-order valence-corrected chi connectivity index (χ4v) is 1.61. The maximum absolute atomic E-state index is 11.7. The van der Waals surface area contributed by atoms with Crippen molar-refractivity contribution in [1.29, 1.82) is 0 Å². The number of carboxylic acids is 1. The fourth-order valence-electron chi connectivity index (χ4n) is 1.61. The second-order valence-corrected chi connectivity index (χ2v) is 4.12. The highest BCUT2D eigenvalue weighted by molar-refractivity contribution is 5.93. The van der Waals surface area contributed by atoms with E-state index in [4.69, 9.17) is 5.11 Å². The summed E-state index contributed by atoms with van der Waals surface area (Å²) >= 11 is 0. The summed E-state index contributed by atoms with van der Waals surface area (Å²) in [6.07, 6.45) is 0.797. The summed E-state index contributed by atoms with van der Waals surface area (Å²) in [4.78, 5) is 22.3. The van der Waals surface area contributed by atoms with Gasteiger partial charge in [-0.05, 0) is 31.4 Å². The number of rotatable bonds is 4. The summed E-state index contributed by atoms with van der Waals surface area (Å²) in [6, 6.07) is 4.34. The Bertz CT molecular complexity index is 458. The number of para-hydroxylation sites is 1. The lowest BCUT2D eigenvalue weighted by molar-refractivity contribution is -0.138. The minimum absolute atomic E-state index is 0.506. The predicted molar refractivity (Wildman–Crippen MR) is 69.8 cm³/mol. The number of benzene rings is 1. The van der Waals surface area contributed by atoms with Gasteiger partial charge in [0, 0.05) is 5.69 Å². The minimum atomic E-state index is -1.06. The van der Waals surface area contributed by atoms with Crippen LogP contribution >= 0.6 is 0 Å². The number of carbonyl (C=O) groups excluding carboxylic acids is 1. The third-order valence-electron chi connectivity index (χ3n) is 2.70. The number of carbonyl (C=O) groups is 2. The van der Waals surface area contributed by atoms with E-state index in [1.807, 2.05) is 32.0 Å². The van der Waals surface area contributed by atoms with Gasteiger partial charge in [0.1, 0.15) is 6.04 Å². The largest absolute Gasteiger partial charge is 0.480 e. The van der Waals surface area contributed by atoms with Crippen LogP contribution in [0.25, 0.3) is 0 Å². The van der Waals surface area contributed by atoms with Crippen molar-refractivity contribution >= 4 is 17.7 Å². The Labute approximate surface area is 106 Å². The molecule has 0 fully saturated rings. The molecule has 0 aliphatic carbocycles. The molecule has 0 saturated heterocycles. The molecule has 5 heteroatoms. The summed E-state index contributed by atoms with van der Waals surface area (Å²) in [5, 5.41) is 13.8. The maximum atomic E-state index is 11.7. The number of hydrogen-bond donors (Lipinski definition) is 3. The quantitative estimate of drug-likeness (QED) is 0.766. The van der Waals surface area contributed by atoms with Gasteiger partial charge in [-0.25, -0.2) is 4.79 Å². The van der Waals surface area contributed by atoms with E-state index in [9.17, 15) is 9.59 Å². The standard InChI is InChI=1S/C13H18N2O3/c1-4-10-7-5-6-8(2)11(10)15-13(18)14-9(3)12(16)17/h5-7,9H,4H2,1-3H3,(H,16,17)(H2,14,15,18). The van der Waals surface area contributed by atoms with Gasteiger partial charge < -0.3 is 15.7 Å². The van der Waals surface area contributed by atoms with Crippen molar-refractivity contribution in [1.82, 2.24) is 5.32 Å². The van der Waals surface area contributed by atoms with Gasteiger partial charge in [-0.15, -0.1) is 0 Å². The van der Waals surface area contributed by atoms with Crippen molar-refractivity contribution in [2.75, 3.05) is 5.32 Å². The Hall–Kier alpha value is -2.04. The van der Waals surface area contributed by atoms with Crippen LogP contribution in [0.3, 0.4) is 0 Å². The van der Waals surface area contributed by atoms with Crippen molar-refractivity contribution < 1.29 is 14.7 Å². The van der Waals surface area contributed by atoms with Crippen molar-refractivity contribution in [2.45, 2.75) is 33.2 Å². The summed E-state index contributed by atoms with van der Waals surface area (Å²) in [6.45, 7) is 5.31. The second-order valence-electron chi connectivity index (χ2n) is 4.12. The molecule has 98 valence electrons. The van der Waals surface area contributed by atoms with E-state index >= 15 is 0 Å². The Morgan fingerprint density at radius 3 is 2.61 bits per heavy atom. The molecule has 0 aliphatic heterocycles. The van der Waals surface area contributed by atoms with E-state index in [0.29, 0.717) is 0 Å². The molecular weight excluding hydrogens is 232 g/mol. The van der Waals surface area contributed by atoms with Crippen LogP contribution in [0, 0.1) is 6.92 Å². The molecule has 1 aromatic rings. The van der Waals surface area contributed by atoms with Gasteiger partial charge >= 0.3 is 12.0 Å². The molecule has 1 atom stereocenters. The molecule has 0 aliphatic rings. The first-order valence-electron chi connectivity index (χ1n) is 5.84. The van der Waals surface area contributed by atoms with Crippen LogP contribution in [-0.4, -0.2) is 23.1 Å². The number of hydrogen-bond acceptors (Lipinski definition) is 2. The van der Waals surface area contributed by atoms with Gasteiger partial charge in [-0.3, -0.25) is 4.79 Å².